The summed E-state index contributed by atoms with van der Waals surface area (Å²) < 4.78 is 10.4. The van der Waals surface area contributed by atoms with Crippen molar-refractivity contribution in [3.05, 3.63) is 5.82 Å². The fourth-order valence-corrected chi connectivity index (χ4v) is 3.60. The highest BCUT2D eigenvalue weighted by Gasteiger charge is 2.27. The van der Waals surface area contributed by atoms with Gasteiger partial charge in [-0.25, -0.2) is 4.98 Å². The molecule has 0 spiro atoms. The molecule has 2 aliphatic rings. The van der Waals surface area contributed by atoms with Crippen LogP contribution in [-0.4, -0.2) is 60.2 Å². The summed E-state index contributed by atoms with van der Waals surface area (Å²) in [6.07, 6.45) is 3.10. The zero-order valence-electron chi connectivity index (χ0n) is 13.3. The second-order valence-electron chi connectivity index (χ2n) is 6.69. The predicted octanol–water partition coefficient (Wildman–Crippen LogP) is 2.21. The number of ether oxygens (including phenoxy) is 1. The van der Waals surface area contributed by atoms with Crippen molar-refractivity contribution in [2.75, 3.05) is 44.7 Å². The van der Waals surface area contributed by atoms with Crippen LogP contribution >= 0.6 is 11.5 Å². The van der Waals surface area contributed by atoms with Gasteiger partial charge >= 0.3 is 0 Å². The van der Waals surface area contributed by atoms with Crippen LogP contribution in [0.25, 0.3) is 0 Å². The second kappa shape index (κ2) is 6.58. The number of anilines is 1. The summed E-state index contributed by atoms with van der Waals surface area (Å²) in [6.45, 7) is 9.16. The maximum Gasteiger partial charge on any atom is 0.205 e. The Balaban J connectivity index is 1.54. The van der Waals surface area contributed by atoms with Gasteiger partial charge in [-0.1, -0.05) is 13.8 Å². The number of hydrogen-bond donors (Lipinski definition) is 0. The summed E-state index contributed by atoms with van der Waals surface area (Å²) in [4.78, 5) is 9.43. The Morgan fingerprint density at radius 2 is 2.19 bits per heavy atom. The van der Waals surface area contributed by atoms with E-state index in [1.165, 1.54) is 30.9 Å². The summed E-state index contributed by atoms with van der Waals surface area (Å²) >= 11 is 1.52. The first kappa shape index (κ1) is 15.2. The van der Waals surface area contributed by atoms with Crippen molar-refractivity contribution >= 4 is 16.7 Å². The van der Waals surface area contributed by atoms with Gasteiger partial charge in [-0.15, -0.1) is 0 Å². The van der Waals surface area contributed by atoms with E-state index < -0.39 is 0 Å². The molecule has 1 saturated heterocycles. The lowest BCUT2D eigenvalue weighted by atomic mass is 10.2. The van der Waals surface area contributed by atoms with Gasteiger partial charge in [0.05, 0.1) is 12.7 Å². The maximum atomic E-state index is 5.93. The molecule has 0 amide bonds. The summed E-state index contributed by atoms with van der Waals surface area (Å²) in [5, 5.41) is 1.05. The van der Waals surface area contributed by atoms with Gasteiger partial charge in [0.2, 0.25) is 5.13 Å². The fraction of sp³-hybridized carbons (Fsp3) is 0.867. The van der Waals surface area contributed by atoms with Crippen LogP contribution < -0.4 is 4.90 Å². The first-order valence-corrected chi connectivity index (χ1v) is 8.78. The molecule has 1 aromatic rings. The minimum Gasteiger partial charge on any atom is -0.373 e. The highest BCUT2D eigenvalue weighted by molar-refractivity contribution is 7.09. The van der Waals surface area contributed by atoms with Crippen molar-refractivity contribution in [2.24, 2.45) is 5.92 Å². The van der Waals surface area contributed by atoms with Gasteiger partial charge in [0.15, 0.2) is 0 Å². The van der Waals surface area contributed by atoms with Gasteiger partial charge < -0.3 is 14.5 Å². The highest BCUT2D eigenvalue weighted by Crippen LogP contribution is 2.29. The van der Waals surface area contributed by atoms with Crippen molar-refractivity contribution in [3.63, 3.8) is 0 Å². The Hall–Kier alpha value is -0.720. The van der Waals surface area contributed by atoms with Crippen LogP contribution in [-0.2, 0) is 4.74 Å². The van der Waals surface area contributed by atoms with Gasteiger partial charge in [0.25, 0.3) is 0 Å². The first-order chi connectivity index (χ1) is 10.1. The molecule has 1 atom stereocenters. The van der Waals surface area contributed by atoms with Crippen LogP contribution in [0, 0.1) is 5.92 Å². The minimum absolute atomic E-state index is 0.286. The smallest absolute Gasteiger partial charge is 0.205 e. The number of likely N-dealkylation sites (N-methyl/N-ethyl adjacent to an activating group) is 1. The average molecular weight is 310 g/mol. The van der Waals surface area contributed by atoms with E-state index in [4.69, 9.17) is 4.74 Å². The van der Waals surface area contributed by atoms with E-state index in [0.717, 1.165) is 43.1 Å². The van der Waals surface area contributed by atoms with Gasteiger partial charge in [-0.3, -0.25) is 0 Å². The number of nitrogens with zero attached hydrogens (tertiary/aromatic N) is 4. The molecule has 2 fully saturated rings. The molecule has 0 unspecified atom stereocenters. The number of rotatable bonds is 6. The van der Waals surface area contributed by atoms with Crippen molar-refractivity contribution in [1.82, 2.24) is 14.3 Å². The Labute approximate surface area is 131 Å². The maximum absolute atomic E-state index is 5.93. The Bertz CT molecular complexity index is 460. The molecule has 1 aliphatic carbocycles. The molecule has 1 aliphatic heterocycles. The van der Waals surface area contributed by atoms with Crippen LogP contribution in [0.15, 0.2) is 0 Å². The molecule has 3 rings (SSSR count). The largest absolute Gasteiger partial charge is 0.373 e. The van der Waals surface area contributed by atoms with E-state index >= 15 is 0 Å². The van der Waals surface area contributed by atoms with Crippen molar-refractivity contribution < 1.29 is 4.74 Å². The zero-order valence-corrected chi connectivity index (χ0v) is 14.1. The number of aromatic nitrogens is 2. The lowest BCUT2D eigenvalue weighted by molar-refractivity contribution is 0.0199. The standard InChI is InChI=1S/C15H26N4OS/c1-11(2)14-16-15(21-17-14)19-6-7-20-13(10-19)9-18(3)8-12-4-5-12/h11-13H,4-10H2,1-3H3/t13-/m1/s1. The highest BCUT2D eigenvalue weighted by atomic mass is 32.1. The fourth-order valence-electron chi connectivity index (χ4n) is 2.76. The summed E-state index contributed by atoms with van der Waals surface area (Å²) in [5.41, 5.74) is 0. The predicted molar refractivity (Wildman–Crippen MR) is 86.2 cm³/mol. The van der Waals surface area contributed by atoms with Gasteiger partial charge in [0.1, 0.15) is 5.82 Å². The zero-order chi connectivity index (χ0) is 14.8. The normalized spacial score (nSPS) is 23.3. The molecule has 5 nitrogen and oxygen atoms in total. The molecule has 0 radical (unpaired) electrons. The summed E-state index contributed by atoms with van der Waals surface area (Å²) in [5.74, 6) is 2.30. The summed E-state index contributed by atoms with van der Waals surface area (Å²) in [6, 6.07) is 0. The first-order valence-electron chi connectivity index (χ1n) is 8.00. The molecule has 6 heteroatoms. The molecule has 21 heavy (non-hydrogen) atoms. The Morgan fingerprint density at radius 3 is 2.86 bits per heavy atom. The Morgan fingerprint density at radius 1 is 1.38 bits per heavy atom. The molecule has 0 aromatic carbocycles. The lowest BCUT2D eigenvalue weighted by Crippen LogP contribution is -2.47. The monoisotopic (exact) mass is 310 g/mol. The molecule has 0 bridgehead atoms. The molecule has 1 saturated carbocycles. The average Bonchev–Trinajstić information content (AvgIpc) is 3.11. The van der Waals surface area contributed by atoms with Crippen LogP contribution in [0.2, 0.25) is 0 Å². The van der Waals surface area contributed by atoms with E-state index in [1.807, 2.05) is 0 Å². The lowest BCUT2D eigenvalue weighted by Gasteiger charge is -2.34. The van der Waals surface area contributed by atoms with E-state index in [2.05, 4.69) is 40.1 Å². The van der Waals surface area contributed by atoms with Gasteiger partial charge in [0, 0.05) is 43.6 Å². The summed E-state index contributed by atoms with van der Waals surface area (Å²) in [7, 11) is 2.21. The van der Waals surface area contributed by atoms with Crippen molar-refractivity contribution in [2.45, 2.75) is 38.7 Å². The molecular weight excluding hydrogens is 284 g/mol. The molecular formula is C15H26N4OS. The van der Waals surface area contributed by atoms with E-state index in [1.54, 1.807) is 0 Å². The van der Waals surface area contributed by atoms with Gasteiger partial charge in [-0.2, -0.15) is 4.37 Å². The SMILES string of the molecule is CC(C)c1nsc(N2CCO[C@H](CN(C)CC3CC3)C2)n1. The van der Waals surface area contributed by atoms with Crippen LogP contribution in [0.3, 0.4) is 0 Å². The van der Waals surface area contributed by atoms with E-state index in [0.29, 0.717) is 5.92 Å². The molecule has 1 aromatic heterocycles. The van der Waals surface area contributed by atoms with E-state index in [-0.39, 0.29) is 6.10 Å². The minimum atomic E-state index is 0.286. The van der Waals surface area contributed by atoms with Crippen LogP contribution in [0.1, 0.15) is 38.4 Å². The third-order valence-electron chi connectivity index (χ3n) is 4.14. The number of morpholine rings is 1. The molecule has 0 N–H and O–H groups in total. The van der Waals surface area contributed by atoms with Crippen molar-refractivity contribution in [1.29, 1.82) is 0 Å². The third kappa shape index (κ3) is 4.14. The van der Waals surface area contributed by atoms with E-state index in [9.17, 15) is 0 Å². The second-order valence-corrected chi connectivity index (χ2v) is 7.42. The molecule has 118 valence electrons. The molecule has 2 heterocycles. The third-order valence-corrected chi connectivity index (χ3v) is 4.93. The topological polar surface area (TPSA) is 41.5 Å². The van der Waals surface area contributed by atoms with Crippen molar-refractivity contribution in [3.8, 4) is 0 Å². The number of hydrogen-bond acceptors (Lipinski definition) is 6. The van der Waals surface area contributed by atoms with Crippen LogP contribution in [0.4, 0.5) is 5.13 Å². The van der Waals surface area contributed by atoms with Gasteiger partial charge in [-0.05, 0) is 25.8 Å². The Kier molecular flexibility index (Phi) is 4.76. The quantitative estimate of drug-likeness (QED) is 0.806. The van der Waals surface area contributed by atoms with Crippen LogP contribution in [0.5, 0.6) is 0 Å².